The van der Waals surface area contributed by atoms with Gasteiger partial charge in [-0.1, -0.05) is 6.07 Å². The van der Waals surface area contributed by atoms with Crippen molar-refractivity contribution in [2.24, 2.45) is 5.92 Å². The van der Waals surface area contributed by atoms with Crippen LogP contribution in [0.25, 0.3) is 0 Å². The number of allylic oxidation sites excluding steroid dienone is 1. The van der Waals surface area contributed by atoms with Gasteiger partial charge in [-0.05, 0) is 31.4 Å². The van der Waals surface area contributed by atoms with Crippen LogP contribution in [0, 0.1) is 5.92 Å². The van der Waals surface area contributed by atoms with Crippen molar-refractivity contribution in [2.45, 2.75) is 42.9 Å². The molecule has 0 aliphatic carbocycles. The minimum atomic E-state index is -1.20. The zero-order valence-electron chi connectivity index (χ0n) is 16.2. The van der Waals surface area contributed by atoms with Crippen molar-refractivity contribution >= 4 is 17.9 Å². The van der Waals surface area contributed by atoms with Gasteiger partial charge in [0, 0.05) is 36.7 Å². The van der Waals surface area contributed by atoms with Gasteiger partial charge in [-0.3, -0.25) is 9.59 Å². The Morgan fingerprint density at radius 1 is 1.39 bits per heavy atom. The van der Waals surface area contributed by atoms with Crippen LogP contribution in [0.4, 0.5) is 5.69 Å². The van der Waals surface area contributed by atoms with E-state index in [9.17, 15) is 14.7 Å². The number of methoxy groups -OCH3 is 1. The molecular formula is C21H24N2O5. The molecule has 148 valence electrons. The number of aldehydes is 1. The van der Waals surface area contributed by atoms with E-state index in [0.717, 1.165) is 17.5 Å². The molecule has 2 N–H and O–H groups in total. The number of anilines is 1. The number of piperidine rings is 1. The summed E-state index contributed by atoms with van der Waals surface area (Å²) in [4.78, 5) is 26.9. The number of carbonyl (C=O) groups excluding carboxylic acids is 2. The van der Waals surface area contributed by atoms with E-state index in [-0.39, 0.29) is 30.5 Å². The van der Waals surface area contributed by atoms with Crippen LogP contribution in [-0.4, -0.2) is 55.7 Å². The van der Waals surface area contributed by atoms with E-state index in [1.165, 1.54) is 0 Å². The highest BCUT2D eigenvalue weighted by Crippen LogP contribution is 2.57. The molecule has 1 spiro atoms. The molecule has 1 amide bonds. The number of carbonyl (C=O) groups is 2. The molecule has 2 bridgehead atoms. The number of hydrogen-bond donors (Lipinski definition) is 2. The van der Waals surface area contributed by atoms with Crippen LogP contribution in [0.5, 0.6) is 5.75 Å². The zero-order valence-corrected chi connectivity index (χ0v) is 16.2. The first kappa shape index (κ1) is 17.7. The topological polar surface area (TPSA) is 88.1 Å². The van der Waals surface area contributed by atoms with Crippen LogP contribution in [0.1, 0.15) is 25.3 Å². The van der Waals surface area contributed by atoms with Gasteiger partial charge in [-0.2, -0.15) is 0 Å². The number of nitrogens with one attached hydrogen (secondary N) is 1. The van der Waals surface area contributed by atoms with Crippen molar-refractivity contribution in [3.63, 3.8) is 0 Å². The van der Waals surface area contributed by atoms with E-state index in [4.69, 9.17) is 9.47 Å². The highest BCUT2D eigenvalue weighted by atomic mass is 16.5. The smallest absolute Gasteiger partial charge is 0.239 e. The number of ether oxygens (including phenoxy) is 2. The SMILES string of the molecule is COc1ccc2c(c1)N(C)C(=O)[C@@]21C[C@@H]2N[C@H]1C[C@H]1C(C=O)=C(C)OC[C@@]21O. The molecule has 4 aliphatic heterocycles. The van der Waals surface area contributed by atoms with E-state index >= 15 is 0 Å². The minimum absolute atomic E-state index is 0.0206. The summed E-state index contributed by atoms with van der Waals surface area (Å²) in [6, 6.07) is 5.24. The average molecular weight is 384 g/mol. The van der Waals surface area contributed by atoms with Crippen molar-refractivity contribution in [3.05, 3.63) is 35.1 Å². The summed E-state index contributed by atoms with van der Waals surface area (Å²) in [5.41, 5.74) is 0.348. The molecule has 28 heavy (non-hydrogen) atoms. The first-order chi connectivity index (χ1) is 13.4. The number of fused-ring (bicyclic) bond motifs is 7. The molecule has 4 aliphatic rings. The quantitative estimate of drug-likeness (QED) is 0.737. The average Bonchev–Trinajstić information content (AvgIpc) is 3.14. The van der Waals surface area contributed by atoms with Crippen LogP contribution >= 0.6 is 0 Å². The standard InChI is InChI=1S/C21H24N2O5/c1-11-13(9-24)15-7-17-20(8-18(22-17)21(15,26)10-28-11)14-5-4-12(27-3)6-16(14)23(2)19(20)25/h4-6,9,15,17-18,22,26H,7-8,10H2,1-3H3/t15-,17-,18-,20-,21-/m0/s1. The first-order valence-corrected chi connectivity index (χ1v) is 9.60. The maximum absolute atomic E-state index is 13.5. The highest BCUT2D eigenvalue weighted by molar-refractivity contribution is 6.09. The number of likely N-dealkylation sites (N-methyl/N-ethyl adjacent to an activating group) is 1. The van der Waals surface area contributed by atoms with Gasteiger partial charge in [0.05, 0.1) is 24.0 Å². The van der Waals surface area contributed by atoms with Crippen molar-refractivity contribution < 1.29 is 24.2 Å². The molecule has 4 heterocycles. The van der Waals surface area contributed by atoms with Gasteiger partial charge in [0.15, 0.2) is 0 Å². The number of hydrogen-bond acceptors (Lipinski definition) is 6. The van der Waals surface area contributed by atoms with Gasteiger partial charge >= 0.3 is 0 Å². The van der Waals surface area contributed by atoms with Crippen LogP contribution in [0.15, 0.2) is 29.5 Å². The number of amides is 1. The Morgan fingerprint density at radius 2 is 2.18 bits per heavy atom. The van der Waals surface area contributed by atoms with E-state index in [2.05, 4.69) is 5.32 Å². The van der Waals surface area contributed by atoms with E-state index < -0.39 is 11.0 Å². The van der Waals surface area contributed by atoms with Crippen molar-refractivity contribution in [1.82, 2.24) is 5.32 Å². The monoisotopic (exact) mass is 384 g/mol. The lowest BCUT2D eigenvalue weighted by Gasteiger charge is -2.47. The fraction of sp³-hybridized carbons (Fsp3) is 0.524. The molecule has 0 saturated carbocycles. The molecule has 2 saturated heterocycles. The molecular weight excluding hydrogens is 360 g/mol. The predicted octanol–water partition coefficient (Wildman–Crippen LogP) is 0.894. The number of aliphatic hydroxyl groups is 1. The van der Waals surface area contributed by atoms with Crippen LogP contribution in [0.2, 0.25) is 0 Å². The van der Waals surface area contributed by atoms with Gasteiger partial charge in [0.25, 0.3) is 0 Å². The summed E-state index contributed by atoms with van der Waals surface area (Å²) >= 11 is 0. The first-order valence-electron chi connectivity index (χ1n) is 9.60. The summed E-state index contributed by atoms with van der Waals surface area (Å²) in [6.07, 6.45) is 1.78. The lowest BCUT2D eigenvalue weighted by Crippen LogP contribution is -2.64. The number of rotatable bonds is 2. The Balaban J connectivity index is 1.64. The van der Waals surface area contributed by atoms with Gasteiger partial charge in [-0.25, -0.2) is 0 Å². The normalized spacial score (nSPS) is 38.4. The molecule has 0 radical (unpaired) electrons. The summed E-state index contributed by atoms with van der Waals surface area (Å²) in [6.45, 7) is 1.89. The molecule has 0 unspecified atom stereocenters. The molecule has 1 aromatic carbocycles. The largest absolute Gasteiger partial charge is 0.497 e. The zero-order chi connectivity index (χ0) is 19.8. The molecule has 5 rings (SSSR count). The second kappa shape index (κ2) is 5.58. The molecule has 7 nitrogen and oxygen atoms in total. The molecule has 5 atom stereocenters. The maximum atomic E-state index is 13.5. The Hall–Kier alpha value is -2.38. The Kier molecular flexibility index (Phi) is 3.53. The third kappa shape index (κ3) is 1.91. The maximum Gasteiger partial charge on any atom is 0.239 e. The fourth-order valence-electron chi connectivity index (χ4n) is 5.85. The Bertz CT molecular complexity index is 927. The molecule has 7 heteroatoms. The van der Waals surface area contributed by atoms with Gasteiger partial charge in [-0.15, -0.1) is 0 Å². The predicted molar refractivity (Wildman–Crippen MR) is 101 cm³/mol. The third-order valence-corrected chi connectivity index (χ3v) is 7.36. The van der Waals surface area contributed by atoms with Gasteiger partial charge in [0.2, 0.25) is 5.91 Å². The Morgan fingerprint density at radius 3 is 2.89 bits per heavy atom. The Labute approximate surface area is 163 Å². The summed E-state index contributed by atoms with van der Waals surface area (Å²) in [7, 11) is 3.39. The number of benzene rings is 1. The van der Waals surface area contributed by atoms with Crippen LogP contribution < -0.4 is 15.0 Å². The fourth-order valence-corrected chi connectivity index (χ4v) is 5.85. The van der Waals surface area contributed by atoms with Crippen molar-refractivity contribution in [2.75, 3.05) is 25.7 Å². The second-order valence-electron chi connectivity index (χ2n) is 8.39. The van der Waals surface area contributed by atoms with Gasteiger partial charge in [0.1, 0.15) is 24.2 Å². The van der Waals surface area contributed by atoms with Crippen LogP contribution in [0.3, 0.4) is 0 Å². The molecule has 0 aromatic heterocycles. The lowest BCUT2D eigenvalue weighted by molar-refractivity contribution is -0.124. The van der Waals surface area contributed by atoms with E-state index in [0.29, 0.717) is 29.9 Å². The highest BCUT2D eigenvalue weighted by Gasteiger charge is 2.68. The summed E-state index contributed by atoms with van der Waals surface area (Å²) < 4.78 is 11.0. The van der Waals surface area contributed by atoms with Crippen molar-refractivity contribution in [1.29, 1.82) is 0 Å². The van der Waals surface area contributed by atoms with Crippen molar-refractivity contribution in [3.8, 4) is 5.75 Å². The lowest BCUT2D eigenvalue weighted by atomic mass is 9.71. The molecule has 1 aromatic rings. The van der Waals surface area contributed by atoms with E-state index in [1.54, 1.807) is 26.0 Å². The summed E-state index contributed by atoms with van der Waals surface area (Å²) in [5, 5.41) is 15.0. The minimum Gasteiger partial charge on any atom is -0.497 e. The van der Waals surface area contributed by atoms with Gasteiger partial charge < -0.3 is 24.8 Å². The van der Waals surface area contributed by atoms with E-state index in [1.807, 2.05) is 18.2 Å². The third-order valence-electron chi connectivity index (χ3n) is 7.36. The summed E-state index contributed by atoms with van der Waals surface area (Å²) in [5.74, 6) is 0.953. The second-order valence-corrected chi connectivity index (χ2v) is 8.39. The molecule has 2 fully saturated rings. The van der Waals surface area contributed by atoms with Crippen LogP contribution in [-0.2, 0) is 19.7 Å². The number of nitrogens with zero attached hydrogens (tertiary/aromatic N) is 1.